The summed E-state index contributed by atoms with van der Waals surface area (Å²) in [5.74, 6) is -2.37. The van der Waals surface area contributed by atoms with Gasteiger partial charge >= 0.3 is 6.18 Å². The Hall–Kier alpha value is -4.33. The molecule has 11 nitrogen and oxygen atoms in total. The molecule has 3 amide bonds. The predicted octanol–water partition coefficient (Wildman–Crippen LogP) is 5.18. The van der Waals surface area contributed by atoms with Crippen LogP contribution in [-0.4, -0.2) is 77.2 Å². The van der Waals surface area contributed by atoms with Crippen molar-refractivity contribution in [3.05, 3.63) is 53.1 Å². The van der Waals surface area contributed by atoms with Crippen LogP contribution in [0.25, 0.3) is 11.1 Å². The number of Topliss-reactive ketones (excluding diaryl/α,β-unsaturated/α-hetero) is 1. The van der Waals surface area contributed by atoms with Crippen molar-refractivity contribution in [2.75, 3.05) is 29.9 Å². The number of piperazine rings is 1. The van der Waals surface area contributed by atoms with Gasteiger partial charge in [0.15, 0.2) is 5.58 Å². The minimum Gasteiger partial charge on any atom is -0.424 e. The number of nitrogens with zero attached hydrogens (tertiary/aromatic N) is 3. The number of halogens is 4. The second-order valence-electron chi connectivity index (χ2n) is 13.6. The van der Waals surface area contributed by atoms with Gasteiger partial charge in [-0.05, 0) is 67.1 Å². The van der Waals surface area contributed by atoms with Crippen LogP contribution >= 0.6 is 11.6 Å². The number of benzene rings is 2. The second kappa shape index (κ2) is 14.3. The van der Waals surface area contributed by atoms with Crippen LogP contribution in [0.2, 0.25) is 5.02 Å². The number of carbonyl (C=O) groups is 4. The lowest BCUT2D eigenvalue weighted by atomic mass is 9.85. The lowest BCUT2D eigenvalue weighted by Crippen LogP contribution is -2.64. The third kappa shape index (κ3) is 8.64. The third-order valence-corrected chi connectivity index (χ3v) is 8.85. The molecule has 2 aliphatic rings. The maximum absolute atomic E-state index is 14.2. The van der Waals surface area contributed by atoms with E-state index in [1.165, 1.54) is 11.0 Å². The lowest BCUT2D eigenvalue weighted by molar-refractivity contribution is -0.140. The Kier molecular flexibility index (Phi) is 10.5. The van der Waals surface area contributed by atoms with Crippen LogP contribution in [-0.2, 0) is 25.4 Å². The Balaban J connectivity index is 1.38. The lowest BCUT2D eigenvalue weighted by Gasteiger charge is -2.44. The quantitative estimate of drug-likeness (QED) is 0.233. The van der Waals surface area contributed by atoms with Crippen molar-refractivity contribution < 1.29 is 36.8 Å². The van der Waals surface area contributed by atoms with Gasteiger partial charge < -0.3 is 30.2 Å². The van der Waals surface area contributed by atoms with E-state index in [0.29, 0.717) is 17.1 Å². The number of alkyl halides is 3. The van der Waals surface area contributed by atoms with Gasteiger partial charge in [0, 0.05) is 29.8 Å². The highest BCUT2D eigenvalue weighted by Crippen LogP contribution is 2.33. The molecule has 264 valence electrons. The molecule has 0 radical (unpaired) electrons. The minimum atomic E-state index is -4.56. The smallest absolute Gasteiger partial charge is 0.416 e. The zero-order chi connectivity index (χ0) is 35.7. The van der Waals surface area contributed by atoms with Crippen LogP contribution in [0.1, 0.15) is 58.9 Å². The zero-order valence-corrected chi connectivity index (χ0v) is 28.5. The molecule has 15 heteroatoms. The molecule has 0 bridgehead atoms. The topological polar surface area (TPSA) is 137 Å². The Morgan fingerprint density at radius 2 is 1.73 bits per heavy atom. The average Bonchev–Trinajstić information content (AvgIpc) is 3.76. The molecule has 2 aromatic carbocycles. The summed E-state index contributed by atoms with van der Waals surface area (Å²) in [5.41, 5.74) is -0.832. The molecule has 2 heterocycles. The Morgan fingerprint density at radius 3 is 2.35 bits per heavy atom. The van der Waals surface area contributed by atoms with E-state index in [1.807, 2.05) is 32.6 Å². The van der Waals surface area contributed by atoms with Gasteiger partial charge in [0.25, 0.3) is 11.9 Å². The second-order valence-corrected chi connectivity index (χ2v) is 14.0. The predicted molar refractivity (Wildman–Crippen MR) is 178 cm³/mol. The maximum Gasteiger partial charge on any atom is 0.416 e. The molecule has 1 saturated carbocycles. The summed E-state index contributed by atoms with van der Waals surface area (Å²) in [6.45, 7) is 7.70. The molecule has 0 unspecified atom stereocenters. The number of carbonyl (C=O) groups excluding carboxylic acids is 4. The van der Waals surface area contributed by atoms with Gasteiger partial charge in [0.1, 0.15) is 17.6 Å². The van der Waals surface area contributed by atoms with Gasteiger partial charge in [0.05, 0.1) is 18.2 Å². The number of aromatic nitrogens is 1. The fourth-order valence-electron chi connectivity index (χ4n) is 5.74. The number of rotatable bonds is 11. The van der Waals surface area contributed by atoms with Crippen LogP contribution in [0.15, 0.2) is 46.9 Å². The van der Waals surface area contributed by atoms with Crippen molar-refractivity contribution in [1.82, 2.24) is 20.5 Å². The van der Waals surface area contributed by atoms with Crippen molar-refractivity contribution >= 4 is 57.9 Å². The first kappa shape index (κ1) is 36.0. The summed E-state index contributed by atoms with van der Waals surface area (Å²) in [6, 6.07) is 6.76. The van der Waals surface area contributed by atoms with E-state index in [4.69, 9.17) is 16.0 Å². The largest absolute Gasteiger partial charge is 0.424 e. The molecule has 2 fully saturated rings. The highest BCUT2D eigenvalue weighted by molar-refractivity contribution is 6.38. The van der Waals surface area contributed by atoms with Gasteiger partial charge in [0.2, 0.25) is 17.6 Å². The van der Waals surface area contributed by atoms with E-state index in [-0.39, 0.29) is 55.1 Å². The van der Waals surface area contributed by atoms with Crippen LogP contribution < -0.4 is 20.9 Å². The molecular weight excluding hydrogens is 665 g/mol. The Bertz CT molecular complexity index is 1700. The van der Waals surface area contributed by atoms with E-state index in [1.54, 1.807) is 24.3 Å². The molecule has 5 rings (SSSR count). The number of amides is 3. The van der Waals surface area contributed by atoms with Crippen molar-refractivity contribution in [2.45, 2.75) is 83.7 Å². The van der Waals surface area contributed by atoms with E-state index < -0.39 is 52.9 Å². The third-order valence-electron chi connectivity index (χ3n) is 8.60. The molecule has 3 atom stereocenters. The summed E-state index contributed by atoms with van der Waals surface area (Å²) < 4.78 is 45.5. The van der Waals surface area contributed by atoms with Gasteiger partial charge in [-0.2, -0.15) is 18.2 Å². The summed E-state index contributed by atoms with van der Waals surface area (Å²) in [7, 11) is 0. The van der Waals surface area contributed by atoms with Gasteiger partial charge in [-0.3, -0.25) is 19.2 Å². The SMILES string of the molecule is CCC[C@H](NC(=O)[C@H]1CN(C(=O)[C@@H](Nc2nc3cc(C(F)(F)F)ccc3o2)C(C)(C)C)CCN1c1ccc(Cl)cc1)C(=O)C(=O)NC1CC1. The van der Waals surface area contributed by atoms with Gasteiger partial charge in [-0.25, -0.2) is 0 Å². The molecule has 1 aliphatic heterocycles. The number of anilines is 2. The van der Waals surface area contributed by atoms with E-state index in [0.717, 1.165) is 25.0 Å². The highest BCUT2D eigenvalue weighted by atomic mass is 35.5. The first-order valence-corrected chi connectivity index (χ1v) is 16.6. The number of fused-ring (bicyclic) bond motifs is 1. The van der Waals surface area contributed by atoms with Gasteiger partial charge in [-0.15, -0.1) is 0 Å². The fraction of sp³-hybridized carbons (Fsp3) is 0.500. The summed E-state index contributed by atoms with van der Waals surface area (Å²) in [6.07, 6.45) is -2.16. The standard InChI is InChI=1S/C34H40ClF3N6O5/c1-5-6-23(27(45)30(47)39-21-10-11-21)40-29(46)25-18-43(15-16-44(25)22-12-8-20(35)9-13-22)31(48)28(33(2,3)4)42-32-41-24-17-19(34(36,37)38)7-14-26(24)49-32/h7-9,12-14,17,21,23,25,28H,5-6,10-11,15-16,18H2,1-4H3,(H,39,47)(H,40,46)(H,41,42)/t23-,25+,28+/m0/s1. The maximum atomic E-state index is 14.2. The number of hydrogen-bond acceptors (Lipinski definition) is 8. The van der Waals surface area contributed by atoms with E-state index in [2.05, 4.69) is 20.9 Å². The number of oxazole rings is 1. The first-order chi connectivity index (χ1) is 23.0. The summed E-state index contributed by atoms with van der Waals surface area (Å²) in [5, 5.41) is 8.96. The van der Waals surface area contributed by atoms with Gasteiger partial charge in [-0.1, -0.05) is 45.7 Å². The summed E-state index contributed by atoms with van der Waals surface area (Å²) in [4.78, 5) is 61.4. The van der Waals surface area contributed by atoms with Crippen molar-refractivity contribution in [3.63, 3.8) is 0 Å². The van der Waals surface area contributed by atoms with Crippen molar-refractivity contribution in [1.29, 1.82) is 0 Å². The van der Waals surface area contributed by atoms with E-state index in [9.17, 15) is 32.3 Å². The Labute approximate surface area is 286 Å². The molecule has 0 spiro atoms. The molecule has 3 N–H and O–H groups in total. The first-order valence-electron chi connectivity index (χ1n) is 16.3. The van der Waals surface area contributed by atoms with Crippen molar-refractivity contribution in [2.24, 2.45) is 5.41 Å². The monoisotopic (exact) mass is 704 g/mol. The molecule has 1 aromatic heterocycles. The van der Waals surface area contributed by atoms with Crippen LogP contribution in [0.5, 0.6) is 0 Å². The fourth-order valence-corrected chi connectivity index (χ4v) is 5.86. The molecule has 3 aromatic rings. The van der Waals surface area contributed by atoms with Crippen molar-refractivity contribution in [3.8, 4) is 0 Å². The van der Waals surface area contributed by atoms with Crippen LogP contribution in [0.4, 0.5) is 24.9 Å². The van der Waals surface area contributed by atoms with Crippen LogP contribution in [0, 0.1) is 5.41 Å². The van der Waals surface area contributed by atoms with Crippen LogP contribution in [0.3, 0.4) is 0 Å². The molecule has 1 saturated heterocycles. The number of ketones is 1. The normalized spacial score (nSPS) is 18.2. The zero-order valence-electron chi connectivity index (χ0n) is 27.7. The molecular formula is C34H40ClF3N6O5. The molecule has 49 heavy (non-hydrogen) atoms. The minimum absolute atomic E-state index is 0.0206. The Morgan fingerprint density at radius 1 is 1.04 bits per heavy atom. The number of hydrogen-bond donors (Lipinski definition) is 3. The number of nitrogens with one attached hydrogen (secondary N) is 3. The van der Waals surface area contributed by atoms with E-state index >= 15 is 0 Å². The molecule has 1 aliphatic carbocycles. The summed E-state index contributed by atoms with van der Waals surface area (Å²) >= 11 is 6.12. The average molecular weight is 705 g/mol. The highest BCUT2D eigenvalue weighted by Gasteiger charge is 2.42.